The second kappa shape index (κ2) is 9.50. The fourth-order valence-corrected chi connectivity index (χ4v) is 5.37. The van der Waals surface area contributed by atoms with E-state index in [1.165, 1.54) is 12.1 Å². The monoisotopic (exact) mass is 479 g/mol. The van der Waals surface area contributed by atoms with Crippen molar-refractivity contribution < 1.29 is 14.0 Å². The molecule has 0 aliphatic carbocycles. The topological polar surface area (TPSA) is 91.0 Å². The van der Waals surface area contributed by atoms with Crippen molar-refractivity contribution in [2.24, 2.45) is 5.92 Å². The molecule has 2 aromatic carbocycles. The Balaban J connectivity index is 1.07. The maximum absolute atomic E-state index is 13.3. The second-order valence-electron chi connectivity index (χ2n) is 8.80. The molecule has 2 aromatic heterocycles. The molecule has 1 saturated heterocycles. The van der Waals surface area contributed by atoms with Crippen LogP contribution in [0.4, 0.5) is 4.39 Å². The van der Waals surface area contributed by atoms with E-state index in [1.807, 2.05) is 30.0 Å². The number of thiazole rings is 1. The Morgan fingerprint density at radius 3 is 2.76 bits per heavy atom. The van der Waals surface area contributed by atoms with Crippen LogP contribution in [-0.2, 0) is 11.2 Å². The molecule has 0 atom stereocenters. The molecule has 4 aromatic rings. The molecule has 0 radical (unpaired) electrons. The van der Waals surface area contributed by atoms with Crippen LogP contribution >= 0.6 is 11.3 Å². The lowest BCUT2D eigenvalue weighted by molar-refractivity contribution is -0.122. The van der Waals surface area contributed by atoms with Crippen molar-refractivity contribution in [1.29, 1.82) is 0 Å². The Morgan fingerprint density at radius 1 is 1.15 bits per heavy atom. The van der Waals surface area contributed by atoms with E-state index in [0.717, 1.165) is 33.9 Å². The van der Waals surface area contributed by atoms with Gasteiger partial charge < -0.3 is 15.2 Å². The summed E-state index contributed by atoms with van der Waals surface area (Å²) >= 11 is 1.60. The largest absolute Gasteiger partial charge is 0.356 e. The van der Waals surface area contributed by atoms with Crippen molar-refractivity contribution in [3.8, 4) is 0 Å². The SMILES string of the molecule is Cc1nc2ccc(C(=O)N3CCC(CC(=O)NCCc4nc5ccc(F)cc5[nH]4)CC3)cc2s1. The molecule has 7 nitrogen and oxygen atoms in total. The Hall–Kier alpha value is -3.33. The van der Waals surface area contributed by atoms with Gasteiger partial charge in [0.2, 0.25) is 5.91 Å². The Kier molecular flexibility index (Phi) is 6.28. The summed E-state index contributed by atoms with van der Waals surface area (Å²) in [5.74, 6) is 0.739. The molecule has 1 aliphatic rings. The number of rotatable bonds is 6. The van der Waals surface area contributed by atoms with Crippen LogP contribution in [-0.4, -0.2) is 51.3 Å². The molecule has 0 unspecified atom stereocenters. The highest BCUT2D eigenvalue weighted by Gasteiger charge is 2.25. The molecule has 34 heavy (non-hydrogen) atoms. The highest BCUT2D eigenvalue weighted by Crippen LogP contribution is 2.25. The van der Waals surface area contributed by atoms with Gasteiger partial charge in [0.05, 0.1) is 26.3 Å². The number of aromatic nitrogens is 3. The average molecular weight is 480 g/mol. The number of aromatic amines is 1. The number of nitrogens with zero attached hydrogens (tertiary/aromatic N) is 3. The Morgan fingerprint density at radius 2 is 1.94 bits per heavy atom. The van der Waals surface area contributed by atoms with Crippen LogP contribution in [0.15, 0.2) is 36.4 Å². The normalized spacial score (nSPS) is 14.7. The number of carbonyl (C=O) groups excluding carboxylic acids is 2. The van der Waals surface area contributed by atoms with Crippen LogP contribution in [0.2, 0.25) is 0 Å². The quantitative estimate of drug-likeness (QED) is 0.433. The third-order valence-corrected chi connectivity index (χ3v) is 7.23. The summed E-state index contributed by atoms with van der Waals surface area (Å²) in [5, 5.41) is 3.95. The molecule has 176 valence electrons. The van der Waals surface area contributed by atoms with E-state index < -0.39 is 0 Å². The van der Waals surface area contributed by atoms with E-state index in [0.29, 0.717) is 49.1 Å². The molecule has 0 spiro atoms. The van der Waals surface area contributed by atoms with Crippen molar-refractivity contribution in [1.82, 2.24) is 25.2 Å². The molecule has 3 heterocycles. The number of amides is 2. The first-order valence-electron chi connectivity index (χ1n) is 11.5. The Labute approximate surface area is 200 Å². The van der Waals surface area contributed by atoms with Gasteiger partial charge in [0.25, 0.3) is 5.91 Å². The van der Waals surface area contributed by atoms with Gasteiger partial charge in [-0.2, -0.15) is 0 Å². The fourth-order valence-electron chi connectivity index (χ4n) is 4.50. The van der Waals surface area contributed by atoms with E-state index in [-0.39, 0.29) is 23.5 Å². The van der Waals surface area contributed by atoms with Crippen molar-refractivity contribution >= 4 is 44.4 Å². The van der Waals surface area contributed by atoms with Gasteiger partial charge in [0.1, 0.15) is 11.6 Å². The van der Waals surface area contributed by atoms with Gasteiger partial charge in [0.15, 0.2) is 0 Å². The zero-order valence-corrected chi connectivity index (χ0v) is 19.8. The first-order valence-corrected chi connectivity index (χ1v) is 12.3. The number of benzene rings is 2. The van der Waals surface area contributed by atoms with E-state index in [2.05, 4.69) is 20.3 Å². The predicted octanol–water partition coefficient (Wildman–Crippen LogP) is 4.22. The molecular weight excluding hydrogens is 453 g/mol. The molecule has 1 aliphatic heterocycles. The minimum Gasteiger partial charge on any atom is -0.356 e. The number of hydrogen-bond donors (Lipinski definition) is 2. The first-order chi connectivity index (χ1) is 16.4. The lowest BCUT2D eigenvalue weighted by Gasteiger charge is -2.31. The standard InChI is InChI=1S/C25H26FN5O2S/c1-15-28-20-4-2-17(13-22(20)34-15)25(33)31-10-7-16(8-11-31)12-24(32)27-9-6-23-29-19-5-3-18(26)14-21(19)30-23/h2-5,13-14,16H,6-12H2,1H3,(H,27,32)(H,29,30). The molecule has 5 rings (SSSR count). The van der Waals surface area contributed by atoms with Gasteiger partial charge in [-0.1, -0.05) is 0 Å². The number of piperidine rings is 1. The summed E-state index contributed by atoms with van der Waals surface area (Å²) in [6.07, 6.45) is 2.64. The molecular formula is C25H26FN5O2S. The van der Waals surface area contributed by atoms with Crippen LogP contribution < -0.4 is 5.32 Å². The molecule has 0 saturated carbocycles. The summed E-state index contributed by atoms with van der Waals surface area (Å²) in [6, 6.07) is 10.1. The Bertz CT molecular complexity index is 1360. The van der Waals surface area contributed by atoms with Gasteiger partial charge in [0, 0.05) is 38.0 Å². The third-order valence-electron chi connectivity index (χ3n) is 6.30. The van der Waals surface area contributed by atoms with Crippen LogP contribution in [0.3, 0.4) is 0 Å². The number of H-pyrrole nitrogens is 1. The lowest BCUT2D eigenvalue weighted by Crippen LogP contribution is -2.39. The van der Waals surface area contributed by atoms with E-state index in [9.17, 15) is 14.0 Å². The summed E-state index contributed by atoms with van der Waals surface area (Å²) in [4.78, 5) is 39.2. The van der Waals surface area contributed by atoms with Gasteiger partial charge in [-0.05, 0) is 62.1 Å². The second-order valence-corrected chi connectivity index (χ2v) is 10.0. The smallest absolute Gasteiger partial charge is 0.253 e. The summed E-state index contributed by atoms with van der Waals surface area (Å²) in [6.45, 7) is 3.75. The molecule has 1 fully saturated rings. The van der Waals surface area contributed by atoms with Crippen molar-refractivity contribution in [3.63, 3.8) is 0 Å². The number of imidazole rings is 1. The number of hydrogen-bond acceptors (Lipinski definition) is 5. The zero-order chi connectivity index (χ0) is 23.7. The minimum atomic E-state index is -0.306. The van der Waals surface area contributed by atoms with E-state index in [1.54, 1.807) is 17.4 Å². The van der Waals surface area contributed by atoms with Crippen LogP contribution in [0.25, 0.3) is 21.3 Å². The number of fused-ring (bicyclic) bond motifs is 2. The summed E-state index contributed by atoms with van der Waals surface area (Å²) in [5.41, 5.74) is 2.99. The fraction of sp³-hybridized carbons (Fsp3) is 0.360. The summed E-state index contributed by atoms with van der Waals surface area (Å²) < 4.78 is 14.3. The summed E-state index contributed by atoms with van der Waals surface area (Å²) in [7, 11) is 0. The van der Waals surface area contributed by atoms with Crippen molar-refractivity contribution in [3.05, 3.63) is 58.6 Å². The molecule has 9 heteroatoms. The van der Waals surface area contributed by atoms with Crippen LogP contribution in [0.1, 0.15) is 40.5 Å². The highest BCUT2D eigenvalue weighted by atomic mass is 32.1. The molecule has 2 N–H and O–H groups in total. The van der Waals surface area contributed by atoms with Gasteiger partial charge in [-0.15, -0.1) is 11.3 Å². The average Bonchev–Trinajstić information content (AvgIpc) is 3.39. The van der Waals surface area contributed by atoms with Gasteiger partial charge in [-0.3, -0.25) is 9.59 Å². The zero-order valence-electron chi connectivity index (χ0n) is 18.9. The third kappa shape index (κ3) is 4.94. The molecule has 0 bridgehead atoms. The minimum absolute atomic E-state index is 0.0120. The number of likely N-dealkylation sites (tertiary alicyclic amines) is 1. The van der Waals surface area contributed by atoms with Gasteiger partial charge in [-0.25, -0.2) is 14.4 Å². The van der Waals surface area contributed by atoms with Crippen molar-refractivity contribution in [2.75, 3.05) is 19.6 Å². The van der Waals surface area contributed by atoms with Crippen LogP contribution in [0, 0.1) is 18.7 Å². The maximum atomic E-state index is 13.3. The predicted molar refractivity (Wildman–Crippen MR) is 130 cm³/mol. The number of halogens is 1. The number of nitrogens with one attached hydrogen (secondary N) is 2. The number of aryl methyl sites for hydroxylation is 1. The number of carbonyl (C=O) groups is 2. The maximum Gasteiger partial charge on any atom is 0.253 e. The first kappa shape index (κ1) is 22.5. The van der Waals surface area contributed by atoms with Crippen molar-refractivity contribution in [2.45, 2.75) is 32.6 Å². The van der Waals surface area contributed by atoms with Gasteiger partial charge >= 0.3 is 0 Å². The lowest BCUT2D eigenvalue weighted by atomic mass is 9.93. The van der Waals surface area contributed by atoms with Crippen LogP contribution in [0.5, 0.6) is 0 Å². The molecule has 2 amide bonds. The van der Waals surface area contributed by atoms with E-state index in [4.69, 9.17) is 0 Å². The highest BCUT2D eigenvalue weighted by molar-refractivity contribution is 7.18. The van der Waals surface area contributed by atoms with E-state index >= 15 is 0 Å².